The molecule has 0 aromatic rings. The monoisotopic (exact) mass is 245 g/mol. The van der Waals surface area contributed by atoms with Gasteiger partial charge >= 0.3 is 0 Å². The van der Waals surface area contributed by atoms with Crippen molar-refractivity contribution in [1.82, 2.24) is 5.32 Å². The van der Waals surface area contributed by atoms with E-state index < -0.39 is 0 Å². The molecule has 0 aliphatic rings. The number of hydrogen-bond acceptors (Lipinski definition) is 2. The van der Waals surface area contributed by atoms with Crippen molar-refractivity contribution in [2.24, 2.45) is 0 Å². The number of rotatable bonds is 8. The van der Waals surface area contributed by atoms with E-state index in [0.29, 0.717) is 38.8 Å². The highest BCUT2D eigenvalue weighted by molar-refractivity contribution is 5.45. The smallest absolute Gasteiger partial charge is 0.207 e. The molecule has 0 aromatic carbocycles. The van der Waals surface area contributed by atoms with Gasteiger partial charge in [-0.15, -0.1) is 0 Å². The van der Waals surface area contributed by atoms with Crippen molar-refractivity contribution in [3.63, 3.8) is 0 Å². The molecule has 0 radical (unpaired) electrons. The summed E-state index contributed by atoms with van der Waals surface area (Å²) in [5.41, 5.74) is 0.542. The fourth-order valence-electron chi connectivity index (χ4n) is 1.41. The Hall–Kier alpha value is -0.900. The number of carbonyl (C=O) groups is 1. The van der Waals surface area contributed by atoms with Crippen LogP contribution < -0.4 is 5.32 Å². The molecule has 0 aromatic heterocycles. The number of halogens is 1. The van der Waals surface area contributed by atoms with Gasteiger partial charge in [0.15, 0.2) is 0 Å². The summed E-state index contributed by atoms with van der Waals surface area (Å²) in [6.07, 6.45) is 2.16. The minimum absolute atomic E-state index is 0.0878. The largest absolute Gasteiger partial charge is 0.376 e. The van der Waals surface area contributed by atoms with Gasteiger partial charge in [-0.2, -0.15) is 0 Å². The predicted molar refractivity (Wildman–Crippen MR) is 67.4 cm³/mol. The molecule has 4 heteroatoms. The van der Waals surface area contributed by atoms with Gasteiger partial charge in [0.25, 0.3) is 0 Å². The summed E-state index contributed by atoms with van der Waals surface area (Å²) in [5.74, 6) is -0.0878. The van der Waals surface area contributed by atoms with Crippen LogP contribution in [0.25, 0.3) is 0 Å². The van der Waals surface area contributed by atoms with Crippen LogP contribution in [-0.4, -0.2) is 25.2 Å². The Kier molecular flexibility index (Phi) is 7.79. The van der Waals surface area contributed by atoms with Crippen LogP contribution in [0.2, 0.25) is 0 Å². The van der Waals surface area contributed by atoms with E-state index in [0.717, 1.165) is 5.57 Å². The second-order valence-corrected chi connectivity index (χ2v) is 4.89. The van der Waals surface area contributed by atoms with Gasteiger partial charge < -0.3 is 10.1 Å². The molecule has 0 saturated heterocycles. The molecule has 0 rings (SSSR count). The first kappa shape index (κ1) is 16.1. The number of allylic oxidation sites excluding steroid dienone is 1. The van der Waals surface area contributed by atoms with Gasteiger partial charge in [-0.25, -0.2) is 4.39 Å². The minimum atomic E-state index is -0.200. The molecule has 1 N–H and O–H groups in total. The third-order valence-electron chi connectivity index (χ3n) is 2.29. The highest BCUT2D eigenvalue weighted by Crippen LogP contribution is 2.18. The highest BCUT2D eigenvalue weighted by atomic mass is 19.1. The lowest BCUT2D eigenvalue weighted by molar-refractivity contribution is -0.109. The zero-order chi connectivity index (χ0) is 13.3. The van der Waals surface area contributed by atoms with Crippen LogP contribution in [0.15, 0.2) is 11.4 Å². The molecule has 100 valence electrons. The first-order valence-electron chi connectivity index (χ1n) is 6.08. The summed E-state index contributed by atoms with van der Waals surface area (Å²) in [6, 6.07) is 0. The zero-order valence-electron chi connectivity index (χ0n) is 11.3. The van der Waals surface area contributed by atoms with Crippen LogP contribution in [0.4, 0.5) is 4.39 Å². The summed E-state index contributed by atoms with van der Waals surface area (Å²) in [7, 11) is 0. The van der Waals surface area contributed by atoms with Gasteiger partial charge in [0.05, 0.1) is 18.0 Å². The summed E-state index contributed by atoms with van der Waals surface area (Å²) in [5, 5.41) is 2.54. The lowest BCUT2D eigenvalue weighted by Gasteiger charge is -2.20. The van der Waals surface area contributed by atoms with E-state index in [2.05, 4.69) is 5.32 Å². The van der Waals surface area contributed by atoms with Crippen LogP contribution in [0.3, 0.4) is 0 Å². The number of nitrogens with one attached hydrogen (secondary N) is 1. The van der Waals surface area contributed by atoms with Crippen molar-refractivity contribution < 1.29 is 13.9 Å². The van der Waals surface area contributed by atoms with Gasteiger partial charge in [-0.1, -0.05) is 6.92 Å². The quantitative estimate of drug-likeness (QED) is 0.527. The molecule has 0 unspecified atom stereocenters. The molecule has 0 spiro atoms. The van der Waals surface area contributed by atoms with Crippen LogP contribution in [0.5, 0.6) is 0 Å². The number of carbonyl (C=O) groups excluding carboxylic acids is 1. The van der Waals surface area contributed by atoms with Crippen molar-refractivity contribution in [3.05, 3.63) is 11.4 Å². The number of ether oxygens (including phenoxy) is 1. The SMILES string of the molecule is CC/C(F)=C(/CCNC=O)CCOC(C)(C)C. The fourth-order valence-corrected chi connectivity index (χ4v) is 1.41. The van der Waals surface area contributed by atoms with Gasteiger partial charge in [0.2, 0.25) is 6.41 Å². The van der Waals surface area contributed by atoms with Gasteiger partial charge in [-0.3, -0.25) is 4.79 Å². The van der Waals surface area contributed by atoms with Gasteiger partial charge in [0, 0.05) is 6.54 Å². The maximum absolute atomic E-state index is 13.6. The summed E-state index contributed by atoms with van der Waals surface area (Å²) in [6.45, 7) is 8.68. The van der Waals surface area contributed by atoms with E-state index >= 15 is 0 Å². The third kappa shape index (κ3) is 8.86. The number of hydrogen-bond donors (Lipinski definition) is 1. The van der Waals surface area contributed by atoms with E-state index in [1.807, 2.05) is 20.8 Å². The summed E-state index contributed by atoms with van der Waals surface area (Å²) >= 11 is 0. The molecule has 0 aliphatic heterocycles. The minimum Gasteiger partial charge on any atom is -0.376 e. The van der Waals surface area contributed by atoms with Crippen LogP contribution >= 0.6 is 0 Å². The van der Waals surface area contributed by atoms with Crippen molar-refractivity contribution in [2.45, 2.75) is 52.6 Å². The topological polar surface area (TPSA) is 38.3 Å². The van der Waals surface area contributed by atoms with E-state index in [1.54, 1.807) is 6.92 Å². The molecule has 0 bridgehead atoms. The predicted octanol–water partition coefficient (Wildman–Crippen LogP) is 2.96. The molecular formula is C13H24FNO2. The Balaban J connectivity index is 4.17. The Bertz CT molecular complexity index is 257. The number of amides is 1. The molecule has 3 nitrogen and oxygen atoms in total. The molecule has 0 fully saturated rings. The van der Waals surface area contributed by atoms with Gasteiger partial charge in [-0.05, 0) is 45.6 Å². The normalized spacial score (nSPS) is 13.2. The first-order chi connectivity index (χ1) is 7.90. The van der Waals surface area contributed by atoms with E-state index in [9.17, 15) is 9.18 Å². The average molecular weight is 245 g/mol. The summed E-state index contributed by atoms with van der Waals surface area (Å²) < 4.78 is 19.1. The molecule has 0 atom stereocenters. The molecule has 0 saturated carbocycles. The maximum atomic E-state index is 13.6. The molecule has 0 heterocycles. The Morgan fingerprint density at radius 3 is 2.47 bits per heavy atom. The third-order valence-corrected chi connectivity index (χ3v) is 2.29. The molecular weight excluding hydrogens is 221 g/mol. The summed E-state index contributed by atoms with van der Waals surface area (Å²) in [4.78, 5) is 10.1. The second-order valence-electron chi connectivity index (χ2n) is 4.89. The van der Waals surface area contributed by atoms with E-state index in [4.69, 9.17) is 4.74 Å². The first-order valence-corrected chi connectivity index (χ1v) is 6.08. The van der Waals surface area contributed by atoms with Crippen LogP contribution in [-0.2, 0) is 9.53 Å². The van der Waals surface area contributed by atoms with Crippen LogP contribution in [0.1, 0.15) is 47.0 Å². The fraction of sp³-hybridized carbons (Fsp3) is 0.769. The standard InChI is InChI=1S/C13H24FNO2/c1-5-12(14)11(6-8-15-10-16)7-9-17-13(2,3)4/h10H,5-9H2,1-4H3,(H,15,16)/b12-11+. The molecule has 17 heavy (non-hydrogen) atoms. The lowest BCUT2D eigenvalue weighted by atomic mass is 10.1. The van der Waals surface area contributed by atoms with E-state index in [-0.39, 0.29) is 11.4 Å². The average Bonchev–Trinajstić information content (AvgIpc) is 2.24. The zero-order valence-corrected chi connectivity index (χ0v) is 11.3. The van der Waals surface area contributed by atoms with Crippen molar-refractivity contribution in [1.29, 1.82) is 0 Å². The van der Waals surface area contributed by atoms with Crippen LogP contribution in [0, 0.1) is 0 Å². The maximum Gasteiger partial charge on any atom is 0.207 e. The highest BCUT2D eigenvalue weighted by Gasteiger charge is 2.11. The Labute approximate surface area is 103 Å². The van der Waals surface area contributed by atoms with Crippen molar-refractivity contribution in [2.75, 3.05) is 13.2 Å². The Morgan fingerprint density at radius 2 is 2.00 bits per heavy atom. The Morgan fingerprint density at radius 1 is 1.35 bits per heavy atom. The van der Waals surface area contributed by atoms with E-state index in [1.165, 1.54) is 0 Å². The molecule has 1 amide bonds. The van der Waals surface area contributed by atoms with Gasteiger partial charge in [0.1, 0.15) is 0 Å². The lowest BCUT2D eigenvalue weighted by Crippen LogP contribution is -2.20. The van der Waals surface area contributed by atoms with Crippen molar-refractivity contribution in [3.8, 4) is 0 Å². The van der Waals surface area contributed by atoms with Crippen molar-refractivity contribution >= 4 is 6.41 Å². The molecule has 0 aliphatic carbocycles. The second kappa shape index (κ2) is 8.23.